The fourth-order valence-corrected chi connectivity index (χ4v) is 2.56. The quantitative estimate of drug-likeness (QED) is 0.428. The lowest BCUT2D eigenvalue weighted by Crippen LogP contribution is -2.31. The van der Waals surface area contributed by atoms with E-state index >= 15 is 0 Å². The molecule has 0 radical (unpaired) electrons. The normalized spacial score (nSPS) is 9.89. The largest absolute Gasteiger partial charge is 0.471 e. The monoisotopic (exact) mass is 386 g/mol. The minimum absolute atomic E-state index is 0.0654. The summed E-state index contributed by atoms with van der Waals surface area (Å²) < 4.78 is 5.11. The van der Waals surface area contributed by atoms with Gasteiger partial charge in [-0.05, 0) is 25.1 Å². The van der Waals surface area contributed by atoms with Crippen LogP contribution in [0.5, 0.6) is 0 Å². The van der Waals surface area contributed by atoms with Gasteiger partial charge in [-0.1, -0.05) is 41.9 Å². The summed E-state index contributed by atoms with van der Waals surface area (Å²) in [7, 11) is 1.54. The van der Waals surface area contributed by atoms with Crippen molar-refractivity contribution in [2.24, 2.45) is 0 Å². The highest BCUT2D eigenvalue weighted by atomic mass is 35.5. The molecule has 0 aromatic heterocycles. The number of likely N-dealkylation sites (N-methyl/N-ethyl adjacent to an activating group) is 1. The number of halogens is 1. The van der Waals surface area contributed by atoms with Crippen LogP contribution in [0.1, 0.15) is 22.8 Å². The number of benzene rings is 2. The smallest absolute Gasteiger partial charge is 0.278 e. The molecule has 0 atom stereocenters. The van der Waals surface area contributed by atoms with Gasteiger partial charge in [0.05, 0.1) is 12.3 Å². The number of carbonyl (C=O) groups is 2. The molecule has 1 amide bonds. The molecule has 6 nitrogen and oxygen atoms in total. The first-order valence-corrected chi connectivity index (χ1v) is 8.62. The van der Waals surface area contributed by atoms with Crippen LogP contribution in [0.4, 0.5) is 5.69 Å². The Balaban J connectivity index is 2.20. The fourth-order valence-electron chi connectivity index (χ4n) is 2.39. The Kier molecular flexibility index (Phi) is 7.17. The summed E-state index contributed by atoms with van der Waals surface area (Å²) in [6, 6.07) is 13.3. The number of rotatable bonds is 8. The minimum Gasteiger partial charge on any atom is -0.471 e. The van der Waals surface area contributed by atoms with Crippen molar-refractivity contribution < 1.29 is 19.1 Å². The predicted octanol–water partition coefficient (Wildman–Crippen LogP) is 3.15. The number of nitrogens with zero attached hydrogens (tertiary/aromatic N) is 1. The summed E-state index contributed by atoms with van der Waals surface area (Å²) in [5, 5.41) is 3.06. The molecular weight excluding hydrogens is 368 g/mol. The van der Waals surface area contributed by atoms with Gasteiger partial charge < -0.3 is 15.0 Å². The maximum atomic E-state index is 12.8. The fraction of sp³-hybridized carbons (Fsp3) is 0.200. The molecule has 140 valence electrons. The van der Waals surface area contributed by atoms with Crippen LogP contribution in [0.15, 0.2) is 54.4 Å². The van der Waals surface area contributed by atoms with Crippen LogP contribution in [-0.4, -0.2) is 42.7 Å². The Morgan fingerprint density at radius 2 is 1.89 bits per heavy atom. The highest BCUT2D eigenvalue weighted by molar-refractivity contribution is 6.31. The van der Waals surface area contributed by atoms with E-state index in [1.807, 2.05) is 6.07 Å². The summed E-state index contributed by atoms with van der Waals surface area (Å²) in [5.74, 6) is 0.902. The maximum absolute atomic E-state index is 12.8. The molecule has 0 spiro atoms. The Hall–Kier alpha value is -3.08. The first kappa shape index (κ1) is 20.2. The van der Waals surface area contributed by atoms with Crippen molar-refractivity contribution in [3.8, 4) is 0 Å². The highest BCUT2D eigenvalue weighted by Gasteiger charge is 2.17. The molecule has 7 heteroatoms. The average molecular weight is 387 g/mol. The SMILES string of the molecule is CCOC(=C=O)N(C)CC(=O)Nc1ccc(Cl)cc1C(=O)c1ccccc1. The molecule has 1 N–H and O–H groups in total. The van der Waals surface area contributed by atoms with Gasteiger partial charge >= 0.3 is 0 Å². The van der Waals surface area contributed by atoms with E-state index in [0.717, 1.165) is 0 Å². The maximum Gasteiger partial charge on any atom is 0.278 e. The van der Waals surface area contributed by atoms with Crippen molar-refractivity contribution in [3.05, 3.63) is 70.6 Å². The zero-order valence-corrected chi connectivity index (χ0v) is 15.7. The molecule has 0 aliphatic rings. The summed E-state index contributed by atoms with van der Waals surface area (Å²) in [6.07, 6.45) is 0. The molecule has 0 saturated carbocycles. The molecule has 27 heavy (non-hydrogen) atoms. The molecule has 0 saturated heterocycles. The molecule has 2 aromatic rings. The van der Waals surface area contributed by atoms with Gasteiger partial charge in [0.2, 0.25) is 5.91 Å². The summed E-state index contributed by atoms with van der Waals surface area (Å²) in [4.78, 5) is 37.3. The van der Waals surface area contributed by atoms with Crippen molar-refractivity contribution in [3.63, 3.8) is 0 Å². The molecule has 0 aliphatic carbocycles. The molecule has 2 aromatic carbocycles. The first-order valence-electron chi connectivity index (χ1n) is 8.24. The van der Waals surface area contributed by atoms with Gasteiger partial charge in [0.25, 0.3) is 5.88 Å². The van der Waals surface area contributed by atoms with E-state index in [2.05, 4.69) is 5.32 Å². The van der Waals surface area contributed by atoms with Crippen molar-refractivity contribution in [1.82, 2.24) is 4.90 Å². The molecule has 0 unspecified atom stereocenters. The van der Waals surface area contributed by atoms with E-state index in [1.165, 1.54) is 18.0 Å². The van der Waals surface area contributed by atoms with Gasteiger partial charge in [-0.3, -0.25) is 9.59 Å². The van der Waals surface area contributed by atoms with Crippen molar-refractivity contribution >= 4 is 34.9 Å². The second-order valence-corrected chi connectivity index (χ2v) is 6.07. The highest BCUT2D eigenvalue weighted by Crippen LogP contribution is 2.24. The van der Waals surface area contributed by atoms with Gasteiger partial charge in [0.1, 0.15) is 6.54 Å². The zero-order chi connectivity index (χ0) is 19.8. The van der Waals surface area contributed by atoms with Crippen molar-refractivity contribution in [1.29, 1.82) is 0 Å². The van der Waals surface area contributed by atoms with E-state index < -0.39 is 5.91 Å². The van der Waals surface area contributed by atoms with Gasteiger partial charge in [-0.15, -0.1) is 0 Å². The van der Waals surface area contributed by atoms with Crippen LogP contribution in [0.25, 0.3) is 0 Å². The van der Waals surface area contributed by atoms with Crippen LogP contribution < -0.4 is 5.32 Å². The molecule has 0 bridgehead atoms. The lowest BCUT2D eigenvalue weighted by molar-refractivity contribution is -0.117. The third-order valence-corrected chi connectivity index (χ3v) is 3.87. The third kappa shape index (κ3) is 5.45. The molecule has 0 fully saturated rings. The van der Waals surface area contributed by atoms with Crippen molar-refractivity contribution in [2.45, 2.75) is 6.92 Å². The van der Waals surface area contributed by atoms with E-state index in [1.54, 1.807) is 49.3 Å². The van der Waals surface area contributed by atoms with Crippen molar-refractivity contribution in [2.75, 3.05) is 25.5 Å². The van der Waals surface area contributed by atoms with E-state index in [9.17, 15) is 14.4 Å². The summed E-state index contributed by atoms with van der Waals surface area (Å²) in [6.45, 7) is 1.86. The molecular formula is C20H19ClN2O4. The number of ketones is 1. The van der Waals surface area contributed by atoms with Gasteiger partial charge in [-0.25, -0.2) is 4.79 Å². The number of ether oxygens (including phenoxy) is 1. The van der Waals surface area contributed by atoms with Gasteiger partial charge in [0, 0.05) is 23.2 Å². The summed E-state index contributed by atoms with van der Waals surface area (Å²) >= 11 is 6.03. The number of carbonyl (C=O) groups excluding carboxylic acids is 3. The number of nitrogens with one attached hydrogen (secondary N) is 1. The molecule has 0 aliphatic heterocycles. The zero-order valence-electron chi connectivity index (χ0n) is 15.0. The van der Waals surface area contributed by atoms with E-state index in [-0.39, 0.29) is 30.4 Å². The van der Waals surface area contributed by atoms with Crippen LogP contribution in [0, 0.1) is 0 Å². The molecule has 2 rings (SSSR count). The predicted molar refractivity (Wildman–Crippen MR) is 103 cm³/mol. The summed E-state index contributed by atoms with van der Waals surface area (Å²) in [5.41, 5.74) is 1.09. The number of amides is 1. The lowest BCUT2D eigenvalue weighted by Gasteiger charge is -2.19. The number of hydrogen-bond acceptors (Lipinski definition) is 5. The lowest BCUT2D eigenvalue weighted by atomic mass is 10.0. The van der Waals surface area contributed by atoms with Crippen LogP contribution in [0.3, 0.4) is 0 Å². The number of anilines is 1. The standard InChI is InChI=1S/C20H19ClN2O4/c1-3-27-19(13-24)23(2)12-18(25)22-17-10-9-15(21)11-16(17)20(26)14-7-5-4-6-8-14/h4-11H,3,12H2,1-2H3,(H,22,25). The van der Waals surface area contributed by atoms with E-state index in [0.29, 0.717) is 16.3 Å². The average Bonchev–Trinajstić information content (AvgIpc) is 2.67. The second kappa shape index (κ2) is 9.57. The number of hydrogen-bond donors (Lipinski definition) is 1. The Morgan fingerprint density at radius 1 is 1.19 bits per heavy atom. The van der Waals surface area contributed by atoms with Crippen LogP contribution in [0.2, 0.25) is 5.02 Å². The second-order valence-electron chi connectivity index (χ2n) is 5.63. The topological polar surface area (TPSA) is 75.7 Å². The van der Waals surface area contributed by atoms with Crippen LogP contribution in [-0.2, 0) is 14.3 Å². The molecule has 0 heterocycles. The Labute approximate surface area is 162 Å². The first-order chi connectivity index (χ1) is 13.0. The van der Waals surface area contributed by atoms with E-state index in [4.69, 9.17) is 16.3 Å². The Morgan fingerprint density at radius 3 is 2.52 bits per heavy atom. The van der Waals surface area contributed by atoms with Gasteiger partial charge in [-0.2, -0.15) is 0 Å². The van der Waals surface area contributed by atoms with Gasteiger partial charge in [0.15, 0.2) is 11.7 Å². The third-order valence-electron chi connectivity index (χ3n) is 3.63. The minimum atomic E-state index is -0.422. The van der Waals surface area contributed by atoms with Crippen LogP contribution >= 0.6 is 11.6 Å². The Bertz CT molecular complexity index is 877.